The predicted molar refractivity (Wildman–Crippen MR) is 143 cm³/mol. The number of hydrogen-bond acceptors (Lipinski definition) is 3. The third-order valence-corrected chi connectivity index (χ3v) is 6.13. The number of nitrogens with zero attached hydrogens (tertiary/aromatic N) is 3. The topological polar surface area (TPSA) is 79.3 Å². The van der Waals surface area contributed by atoms with Crippen LogP contribution in [0, 0.1) is 6.92 Å². The minimum absolute atomic E-state index is 0.108. The number of aromatic nitrogens is 2. The lowest BCUT2D eigenvalue weighted by atomic mass is 9.92. The summed E-state index contributed by atoms with van der Waals surface area (Å²) in [4.78, 5) is 27.5. The smallest absolute Gasteiger partial charge is 0.315 e. The van der Waals surface area contributed by atoms with Crippen molar-refractivity contribution in [2.24, 2.45) is 0 Å². The lowest BCUT2D eigenvalue weighted by molar-refractivity contribution is -0.116. The molecule has 0 aliphatic rings. The molecule has 0 spiro atoms. The van der Waals surface area contributed by atoms with E-state index in [1.807, 2.05) is 65.0 Å². The molecule has 1 aromatic heterocycles. The third kappa shape index (κ3) is 6.77. The van der Waals surface area contributed by atoms with Gasteiger partial charge in [-0.05, 0) is 43.2 Å². The van der Waals surface area contributed by atoms with Gasteiger partial charge in [-0.1, -0.05) is 69.1 Å². The van der Waals surface area contributed by atoms with Crippen LogP contribution in [0.4, 0.5) is 16.3 Å². The van der Waals surface area contributed by atoms with E-state index in [2.05, 4.69) is 10.6 Å². The highest BCUT2D eigenvalue weighted by Gasteiger charge is 2.23. The summed E-state index contributed by atoms with van der Waals surface area (Å²) in [5.74, 6) is 0.147. The van der Waals surface area contributed by atoms with Gasteiger partial charge in [-0.25, -0.2) is 9.48 Å². The molecule has 3 rings (SSSR count). The predicted octanol–water partition coefficient (Wildman–Crippen LogP) is 6.67. The van der Waals surface area contributed by atoms with Gasteiger partial charge >= 0.3 is 6.03 Å². The Morgan fingerprint density at radius 2 is 1.74 bits per heavy atom. The van der Waals surface area contributed by atoms with Crippen LogP contribution >= 0.6 is 23.2 Å². The molecule has 9 heteroatoms. The molecule has 0 saturated heterocycles. The van der Waals surface area contributed by atoms with Crippen molar-refractivity contribution in [2.45, 2.75) is 46.5 Å². The van der Waals surface area contributed by atoms with Crippen molar-refractivity contribution in [3.8, 4) is 5.69 Å². The van der Waals surface area contributed by atoms with E-state index in [-0.39, 0.29) is 23.9 Å². The Kier molecular flexibility index (Phi) is 8.46. The molecule has 3 amide bonds. The van der Waals surface area contributed by atoms with Crippen LogP contribution in [0.25, 0.3) is 5.69 Å². The summed E-state index contributed by atoms with van der Waals surface area (Å²) in [6.07, 6.45) is 0.712. The number of carbonyl (C=O) groups excluding carboxylic acids is 2. The van der Waals surface area contributed by atoms with Crippen LogP contribution in [0.15, 0.2) is 48.5 Å². The van der Waals surface area contributed by atoms with Gasteiger partial charge in [-0.15, -0.1) is 0 Å². The molecular weight excluding hydrogens is 485 g/mol. The largest absolute Gasteiger partial charge is 0.322 e. The lowest BCUT2D eigenvalue weighted by Gasteiger charge is -2.22. The highest BCUT2D eigenvalue weighted by Crippen LogP contribution is 2.29. The molecule has 186 valence electrons. The van der Waals surface area contributed by atoms with Crippen molar-refractivity contribution in [3.05, 3.63) is 69.8 Å². The second-order valence-corrected chi connectivity index (χ2v) is 10.2. The quantitative estimate of drug-likeness (QED) is 0.368. The molecule has 1 heterocycles. The number of benzene rings is 2. The number of rotatable bonds is 7. The fraction of sp³-hybridized carbons (Fsp3) is 0.346. The van der Waals surface area contributed by atoms with Crippen LogP contribution in [0.2, 0.25) is 10.0 Å². The van der Waals surface area contributed by atoms with E-state index >= 15 is 0 Å². The Labute approximate surface area is 216 Å². The number of urea groups is 1. The van der Waals surface area contributed by atoms with Crippen LogP contribution in [0.3, 0.4) is 0 Å². The van der Waals surface area contributed by atoms with Gasteiger partial charge in [-0.3, -0.25) is 4.79 Å². The molecule has 3 aromatic rings. The molecule has 0 atom stereocenters. The zero-order chi connectivity index (χ0) is 25.8. The molecule has 7 nitrogen and oxygen atoms in total. The Hall–Kier alpha value is -3.03. The fourth-order valence-corrected chi connectivity index (χ4v) is 3.73. The van der Waals surface area contributed by atoms with E-state index in [4.69, 9.17) is 28.3 Å². The normalized spacial score (nSPS) is 11.3. The molecule has 0 aliphatic carbocycles. The number of carbonyl (C=O) groups is 2. The van der Waals surface area contributed by atoms with Crippen molar-refractivity contribution < 1.29 is 9.59 Å². The molecule has 0 fully saturated rings. The summed E-state index contributed by atoms with van der Waals surface area (Å²) in [5, 5.41) is 11.3. The van der Waals surface area contributed by atoms with Crippen LogP contribution in [0.5, 0.6) is 0 Å². The number of aryl methyl sites for hydroxylation is 1. The van der Waals surface area contributed by atoms with Crippen molar-refractivity contribution in [2.75, 3.05) is 23.7 Å². The Bertz CT molecular complexity index is 1220. The first-order valence-electron chi connectivity index (χ1n) is 11.5. The minimum Gasteiger partial charge on any atom is -0.315 e. The average Bonchev–Trinajstić information content (AvgIpc) is 3.21. The van der Waals surface area contributed by atoms with Gasteiger partial charge in [0.15, 0.2) is 0 Å². The monoisotopic (exact) mass is 515 g/mol. The van der Waals surface area contributed by atoms with E-state index in [1.54, 1.807) is 22.9 Å². The van der Waals surface area contributed by atoms with E-state index in [0.29, 0.717) is 40.2 Å². The number of nitrogens with one attached hydrogen (secondary N) is 2. The highest BCUT2D eigenvalue weighted by atomic mass is 35.5. The summed E-state index contributed by atoms with van der Waals surface area (Å²) in [5.41, 5.74) is 2.87. The molecule has 0 bridgehead atoms. The van der Waals surface area contributed by atoms with Crippen molar-refractivity contribution in [3.63, 3.8) is 0 Å². The number of amides is 3. The van der Waals surface area contributed by atoms with Crippen molar-refractivity contribution >= 4 is 46.6 Å². The van der Waals surface area contributed by atoms with Gasteiger partial charge in [-0.2, -0.15) is 5.10 Å². The Balaban J connectivity index is 1.83. The van der Waals surface area contributed by atoms with Gasteiger partial charge in [0, 0.05) is 23.7 Å². The second kappa shape index (κ2) is 11.1. The first-order chi connectivity index (χ1) is 16.5. The molecule has 0 saturated carbocycles. The van der Waals surface area contributed by atoms with Crippen LogP contribution in [-0.4, -0.2) is 39.7 Å². The molecule has 0 unspecified atom stereocenters. The zero-order valence-corrected chi connectivity index (χ0v) is 22.2. The third-order valence-electron chi connectivity index (χ3n) is 5.39. The van der Waals surface area contributed by atoms with Gasteiger partial charge < -0.3 is 15.5 Å². The second-order valence-electron chi connectivity index (χ2n) is 9.39. The van der Waals surface area contributed by atoms with Gasteiger partial charge in [0.25, 0.3) is 0 Å². The highest BCUT2D eigenvalue weighted by molar-refractivity contribution is 6.42. The van der Waals surface area contributed by atoms with E-state index < -0.39 is 0 Å². The lowest BCUT2D eigenvalue weighted by Crippen LogP contribution is -2.41. The number of halogens is 2. The maximum absolute atomic E-state index is 13.1. The zero-order valence-electron chi connectivity index (χ0n) is 20.7. The number of para-hydroxylation sites is 1. The van der Waals surface area contributed by atoms with Gasteiger partial charge in [0.05, 0.1) is 21.4 Å². The average molecular weight is 516 g/mol. The maximum Gasteiger partial charge on any atom is 0.322 e. The summed E-state index contributed by atoms with van der Waals surface area (Å²) < 4.78 is 1.62. The van der Waals surface area contributed by atoms with Gasteiger partial charge in [0.2, 0.25) is 5.91 Å². The number of hydrogen-bond donors (Lipinski definition) is 2. The Morgan fingerprint density at radius 3 is 2.37 bits per heavy atom. The summed E-state index contributed by atoms with van der Waals surface area (Å²) >= 11 is 12.3. The van der Waals surface area contributed by atoms with E-state index in [0.717, 1.165) is 11.3 Å². The summed E-state index contributed by atoms with van der Waals surface area (Å²) in [6.45, 7) is 10.3. The summed E-state index contributed by atoms with van der Waals surface area (Å²) in [6, 6.07) is 14.2. The van der Waals surface area contributed by atoms with Crippen LogP contribution < -0.4 is 10.6 Å². The SMILES string of the molecule is CCCN(CC(=O)Nc1cc(C(C)(C)C)nn1-c1ccc(Cl)c(Cl)c1)C(=O)Nc1ccccc1C. The number of anilines is 2. The first kappa shape index (κ1) is 26.6. The first-order valence-corrected chi connectivity index (χ1v) is 12.2. The van der Waals surface area contributed by atoms with Crippen molar-refractivity contribution in [1.29, 1.82) is 0 Å². The molecule has 0 radical (unpaired) electrons. The Morgan fingerprint density at radius 1 is 1.03 bits per heavy atom. The van der Waals surface area contributed by atoms with Gasteiger partial charge in [0.1, 0.15) is 12.4 Å². The molecule has 0 aliphatic heterocycles. The maximum atomic E-state index is 13.1. The van der Waals surface area contributed by atoms with Crippen LogP contribution in [0.1, 0.15) is 45.4 Å². The summed E-state index contributed by atoms with van der Waals surface area (Å²) in [7, 11) is 0. The fourth-order valence-electron chi connectivity index (χ4n) is 3.44. The molecular formula is C26H31Cl2N5O2. The standard InChI is InChI=1S/C26H31Cl2N5O2/c1-6-13-32(25(35)29-21-10-8-7-9-17(21)2)16-24(34)30-23-15-22(26(3,4)5)31-33(23)18-11-12-19(27)20(28)14-18/h7-12,14-15H,6,13,16H2,1-5H3,(H,29,35)(H,30,34). The molecule has 35 heavy (non-hydrogen) atoms. The molecule has 2 N–H and O–H groups in total. The van der Waals surface area contributed by atoms with E-state index in [9.17, 15) is 9.59 Å². The minimum atomic E-state index is -0.333. The molecule has 2 aromatic carbocycles. The van der Waals surface area contributed by atoms with Crippen LogP contribution in [-0.2, 0) is 10.2 Å². The van der Waals surface area contributed by atoms with Crippen molar-refractivity contribution in [1.82, 2.24) is 14.7 Å². The van der Waals surface area contributed by atoms with E-state index in [1.165, 1.54) is 4.90 Å².